The summed E-state index contributed by atoms with van der Waals surface area (Å²) in [5.74, 6) is 0. The molecule has 0 N–H and O–H groups in total. The average Bonchev–Trinajstić information content (AvgIpc) is 2.81. The monoisotopic (exact) mass is 170 g/mol. The number of nitrogens with zero attached hydrogens (tertiary/aromatic N) is 2. The van der Waals surface area contributed by atoms with Gasteiger partial charge in [-0.05, 0) is 39.0 Å². The Morgan fingerprint density at radius 2 is 2.36 bits per heavy atom. The number of aliphatic imine (C=N–C) groups is 1. The summed E-state index contributed by atoms with van der Waals surface area (Å²) in [7, 11) is 2.15. The standard InChI is InChI=1S/C8H14N2S/c1-7(5-9-6-11)10(2)8-3-4-8/h7-8H,3-5H2,1-2H3. The Labute approximate surface area is 73.3 Å². The highest BCUT2D eigenvalue weighted by Gasteiger charge is 2.28. The minimum Gasteiger partial charge on any atom is -0.299 e. The molecule has 0 aromatic rings. The van der Waals surface area contributed by atoms with Gasteiger partial charge in [-0.15, -0.1) is 0 Å². The normalized spacial score (nSPS) is 19.5. The fourth-order valence-electron chi connectivity index (χ4n) is 1.14. The Bertz CT molecular complexity index is 171. The minimum absolute atomic E-state index is 0.512. The molecule has 0 spiro atoms. The van der Waals surface area contributed by atoms with Gasteiger partial charge in [0, 0.05) is 12.1 Å². The predicted molar refractivity (Wildman–Crippen MR) is 50.1 cm³/mol. The first-order valence-corrected chi connectivity index (χ1v) is 4.42. The lowest BCUT2D eigenvalue weighted by Crippen LogP contribution is -2.33. The van der Waals surface area contributed by atoms with E-state index in [1.54, 1.807) is 0 Å². The number of hydrogen-bond donors (Lipinski definition) is 0. The van der Waals surface area contributed by atoms with Crippen LogP contribution in [-0.4, -0.2) is 35.7 Å². The van der Waals surface area contributed by atoms with Gasteiger partial charge in [-0.25, -0.2) is 4.99 Å². The van der Waals surface area contributed by atoms with E-state index in [9.17, 15) is 0 Å². The lowest BCUT2D eigenvalue weighted by Gasteiger charge is -2.21. The van der Waals surface area contributed by atoms with Crippen LogP contribution in [0.1, 0.15) is 19.8 Å². The molecule has 0 aromatic carbocycles. The van der Waals surface area contributed by atoms with Gasteiger partial charge in [-0.2, -0.15) is 0 Å². The van der Waals surface area contributed by atoms with Gasteiger partial charge in [0.2, 0.25) is 0 Å². The first-order valence-electron chi connectivity index (χ1n) is 4.01. The van der Waals surface area contributed by atoms with Crippen LogP contribution in [0.3, 0.4) is 0 Å². The number of likely N-dealkylation sites (N-methyl/N-ethyl adjacent to an activating group) is 1. The van der Waals surface area contributed by atoms with Gasteiger partial charge < -0.3 is 0 Å². The van der Waals surface area contributed by atoms with Gasteiger partial charge in [-0.1, -0.05) is 0 Å². The summed E-state index contributed by atoms with van der Waals surface area (Å²) < 4.78 is 0. The molecular weight excluding hydrogens is 156 g/mol. The molecule has 0 bridgehead atoms. The quantitative estimate of drug-likeness (QED) is 0.470. The van der Waals surface area contributed by atoms with Crippen molar-refractivity contribution in [3.8, 4) is 0 Å². The molecular formula is C8H14N2S. The van der Waals surface area contributed by atoms with Crippen LogP contribution in [0.15, 0.2) is 4.99 Å². The summed E-state index contributed by atoms with van der Waals surface area (Å²) >= 11 is 4.50. The molecule has 1 fully saturated rings. The number of hydrogen-bond acceptors (Lipinski definition) is 3. The van der Waals surface area contributed by atoms with Crippen molar-refractivity contribution >= 4 is 17.4 Å². The Kier molecular flexibility index (Phi) is 3.18. The van der Waals surface area contributed by atoms with Gasteiger partial charge in [-0.3, -0.25) is 4.90 Å². The summed E-state index contributed by atoms with van der Waals surface area (Å²) in [6.45, 7) is 2.96. The fourth-order valence-corrected chi connectivity index (χ4v) is 1.21. The highest BCUT2D eigenvalue weighted by Crippen LogP contribution is 2.26. The van der Waals surface area contributed by atoms with E-state index in [0.717, 1.165) is 12.6 Å². The molecule has 1 atom stereocenters. The summed E-state index contributed by atoms with van der Waals surface area (Å²) in [4.78, 5) is 6.30. The SMILES string of the molecule is CC(CN=C=S)N(C)C1CC1. The predicted octanol–water partition coefficient (Wildman–Crippen LogP) is 1.57. The molecule has 1 aliphatic carbocycles. The Morgan fingerprint density at radius 1 is 1.73 bits per heavy atom. The third-order valence-corrected chi connectivity index (χ3v) is 2.37. The molecule has 0 saturated heterocycles. The average molecular weight is 170 g/mol. The third kappa shape index (κ3) is 2.70. The van der Waals surface area contributed by atoms with E-state index in [1.165, 1.54) is 12.8 Å². The van der Waals surface area contributed by atoms with Crippen molar-refractivity contribution in [2.75, 3.05) is 13.6 Å². The van der Waals surface area contributed by atoms with E-state index >= 15 is 0 Å². The van der Waals surface area contributed by atoms with Gasteiger partial charge in [0.1, 0.15) is 0 Å². The first-order chi connectivity index (χ1) is 5.25. The Hall–Kier alpha value is -0.240. The zero-order chi connectivity index (χ0) is 8.27. The van der Waals surface area contributed by atoms with Crippen LogP contribution in [0.4, 0.5) is 0 Å². The molecule has 0 radical (unpaired) electrons. The van der Waals surface area contributed by atoms with E-state index in [1.807, 2.05) is 0 Å². The van der Waals surface area contributed by atoms with Crippen molar-refractivity contribution < 1.29 is 0 Å². The Balaban J connectivity index is 2.26. The van der Waals surface area contributed by atoms with Crippen LogP contribution >= 0.6 is 12.2 Å². The number of rotatable bonds is 4. The largest absolute Gasteiger partial charge is 0.299 e. The minimum atomic E-state index is 0.512. The van der Waals surface area contributed by atoms with Crippen molar-refractivity contribution in [1.29, 1.82) is 0 Å². The third-order valence-electron chi connectivity index (χ3n) is 2.24. The maximum Gasteiger partial charge on any atom is 0.0645 e. The van der Waals surface area contributed by atoms with Crippen molar-refractivity contribution in [2.24, 2.45) is 4.99 Å². The maximum absolute atomic E-state index is 4.50. The molecule has 0 amide bonds. The first kappa shape index (κ1) is 8.85. The van der Waals surface area contributed by atoms with Crippen molar-refractivity contribution in [2.45, 2.75) is 31.8 Å². The lowest BCUT2D eigenvalue weighted by atomic mass is 10.3. The number of thiocarbonyl (C=S) groups is 1. The second-order valence-electron chi connectivity index (χ2n) is 3.18. The van der Waals surface area contributed by atoms with E-state index in [4.69, 9.17) is 0 Å². The van der Waals surface area contributed by atoms with E-state index < -0.39 is 0 Å². The van der Waals surface area contributed by atoms with Crippen LogP contribution in [0.2, 0.25) is 0 Å². The van der Waals surface area contributed by atoms with Crippen molar-refractivity contribution in [3.63, 3.8) is 0 Å². The van der Waals surface area contributed by atoms with Gasteiger partial charge >= 0.3 is 0 Å². The summed E-state index contributed by atoms with van der Waals surface area (Å²) in [5, 5.41) is 2.39. The summed E-state index contributed by atoms with van der Waals surface area (Å²) in [6.07, 6.45) is 2.70. The van der Waals surface area contributed by atoms with Crippen LogP contribution in [0.5, 0.6) is 0 Å². The molecule has 2 nitrogen and oxygen atoms in total. The zero-order valence-electron chi connectivity index (χ0n) is 7.08. The molecule has 1 unspecified atom stereocenters. The molecule has 1 saturated carbocycles. The fraction of sp³-hybridized carbons (Fsp3) is 0.875. The van der Waals surface area contributed by atoms with Gasteiger partial charge in [0.05, 0.1) is 11.7 Å². The topological polar surface area (TPSA) is 15.6 Å². The van der Waals surface area contributed by atoms with Crippen LogP contribution in [0.25, 0.3) is 0 Å². The second kappa shape index (κ2) is 3.96. The number of isothiocyanates is 1. The smallest absolute Gasteiger partial charge is 0.0645 e. The van der Waals surface area contributed by atoms with Gasteiger partial charge in [0.25, 0.3) is 0 Å². The second-order valence-corrected chi connectivity index (χ2v) is 3.36. The Morgan fingerprint density at radius 3 is 2.82 bits per heavy atom. The molecule has 0 aliphatic heterocycles. The highest BCUT2D eigenvalue weighted by atomic mass is 32.1. The molecule has 62 valence electrons. The highest BCUT2D eigenvalue weighted by molar-refractivity contribution is 7.78. The molecule has 11 heavy (non-hydrogen) atoms. The van der Waals surface area contributed by atoms with Crippen molar-refractivity contribution in [3.05, 3.63) is 0 Å². The summed E-state index contributed by atoms with van der Waals surface area (Å²) in [5.41, 5.74) is 0. The molecule has 0 aromatic heterocycles. The molecule has 0 heterocycles. The molecule has 1 rings (SSSR count). The lowest BCUT2D eigenvalue weighted by molar-refractivity contribution is 0.253. The van der Waals surface area contributed by atoms with E-state index in [2.05, 4.69) is 41.2 Å². The maximum atomic E-state index is 4.50. The van der Waals surface area contributed by atoms with Crippen LogP contribution in [0, 0.1) is 0 Å². The summed E-state index contributed by atoms with van der Waals surface area (Å²) in [6, 6.07) is 1.32. The molecule has 1 aliphatic rings. The van der Waals surface area contributed by atoms with E-state index in [-0.39, 0.29) is 0 Å². The van der Waals surface area contributed by atoms with Crippen LogP contribution < -0.4 is 0 Å². The van der Waals surface area contributed by atoms with Crippen molar-refractivity contribution in [1.82, 2.24) is 4.90 Å². The van der Waals surface area contributed by atoms with E-state index in [0.29, 0.717) is 6.04 Å². The van der Waals surface area contributed by atoms with Crippen LogP contribution in [-0.2, 0) is 0 Å². The molecule has 3 heteroatoms. The zero-order valence-corrected chi connectivity index (χ0v) is 7.90. The van der Waals surface area contributed by atoms with Gasteiger partial charge in [0.15, 0.2) is 0 Å².